The second-order valence-electron chi connectivity index (χ2n) is 5.27. The van der Waals surface area contributed by atoms with Crippen molar-refractivity contribution in [2.24, 2.45) is 0 Å². The fraction of sp³-hybridized carbons (Fsp3) is 0.333. The first-order chi connectivity index (χ1) is 12.4. The van der Waals surface area contributed by atoms with Gasteiger partial charge in [-0.3, -0.25) is 0 Å². The van der Waals surface area contributed by atoms with Crippen LogP contribution in [0.2, 0.25) is 0 Å². The minimum atomic E-state index is 0.648. The van der Waals surface area contributed by atoms with Gasteiger partial charge < -0.3 is 18.9 Å². The van der Waals surface area contributed by atoms with Gasteiger partial charge in [-0.1, -0.05) is 15.9 Å². The van der Waals surface area contributed by atoms with Crippen LogP contribution in [0.25, 0.3) is 0 Å². The van der Waals surface area contributed by atoms with Gasteiger partial charge in [0.1, 0.15) is 0 Å². The minimum absolute atomic E-state index is 0.648. The molecule has 0 bridgehead atoms. The first-order valence-corrected chi connectivity index (χ1v) is 11.0. The van der Waals surface area contributed by atoms with Crippen LogP contribution in [0, 0.1) is 0 Å². The Morgan fingerprint density at radius 2 is 1.19 bits per heavy atom. The van der Waals surface area contributed by atoms with Crippen molar-refractivity contribution in [3.8, 4) is 23.0 Å². The van der Waals surface area contributed by atoms with Crippen LogP contribution < -0.4 is 18.9 Å². The SMILES string of the molecule is COc1cc(Cc2c(CBr)cc(OC)c(OC)c2Br)c(Br)c(Br)c1OC. The molecule has 142 valence electrons. The van der Waals surface area contributed by atoms with E-state index >= 15 is 0 Å². The van der Waals surface area contributed by atoms with Crippen molar-refractivity contribution >= 4 is 63.7 Å². The maximum absolute atomic E-state index is 5.53. The summed E-state index contributed by atoms with van der Waals surface area (Å²) in [7, 11) is 6.49. The summed E-state index contributed by atoms with van der Waals surface area (Å²) in [5, 5.41) is 0.688. The molecular weight excluding hydrogens is 600 g/mol. The number of rotatable bonds is 7. The number of methoxy groups -OCH3 is 4. The predicted octanol–water partition coefficient (Wildman–Crippen LogP) is 6.49. The maximum Gasteiger partial charge on any atom is 0.176 e. The maximum atomic E-state index is 5.53. The van der Waals surface area contributed by atoms with E-state index in [1.165, 1.54) is 0 Å². The Morgan fingerprint density at radius 1 is 0.692 bits per heavy atom. The Bertz CT molecular complexity index is 809. The molecule has 2 aromatic rings. The lowest BCUT2D eigenvalue weighted by molar-refractivity contribution is 0.351. The van der Waals surface area contributed by atoms with E-state index < -0.39 is 0 Å². The smallest absolute Gasteiger partial charge is 0.176 e. The molecule has 0 radical (unpaired) electrons. The van der Waals surface area contributed by atoms with Crippen molar-refractivity contribution in [1.29, 1.82) is 0 Å². The fourth-order valence-electron chi connectivity index (χ4n) is 2.65. The Labute approximate surface area is 187 Å². The van der Waals surface area contributed by atoms with E-state index in [4.69, 9.17) is 18.9 Å². The van der Waals surface area contributed by atoms with E-state index in [9.17, 15) is 0 Å². The van der Waals surface area contributed by atoms with E-state index in [-0.39, 0.29) is 0 Å². The van der Waals surface area contributed by atoms with E-state index in [2.05, 4.69) is 63.7 Å². The summed E-state index contributed by atoms with van der Waals surface area (Å²) in [6.45, 7) is 0. The zero-order chi connectivity index (χ0) is 19.4. The molecule has 0 fully saturated rings. The average molecular weight is 618 g/mol. The van der Waals surface area contributed by atoms with Gasteiger partial charge in [-0.05, 0) is 76.6 Å². The van der Waals surface area contributed by atoms with Gasteiger partial charge in [0.25, 0.3) is 0 Å². The van der Waals surface area contributed by atoms with Crippen LogP contribution in [-0.4, -0.2) is 28.4 Å². The lowest BCUT2D eigenvalue weighted by atomic mass is 9.99. The number of benzene rings is 2. The van der Waals surface area contributed by atoms with Gasteiger partial charge in [0.2, 0.25) is 0 Å². The van der Waals surface area contributed by atoms with E-state index in [1.807, 2.05) is 12.1 Å². The van der Waals surface area contributed by atoms with Gasteiger partial charge in [0.05, 0.1) is 37.4 Å². The Balaban J connectivity index is 2.63. The molecule has 0 saturated carbocycles. The fourth-order valence-corrected chi connectivity index (χ4v) is 4.95. The summed E-state index contributed by atoms with van der Waals surface area (Å²) in [5.74, 6) is 2.66. The lowest BCUT2D eigenvalue weighted by Crippen LogP contribution is -2.02. The molecule has 0 aromatic heterocycles. The van der Waals surface area contributed by atoms with Crippen molar-refractivity contribution in [3.05, 3.63) is 42.2 Å². The molecule has 0 aliphatic carbocycles. The highest BCUT2D eigenvalue weighted by Gasteiger charge is 2.21. The number of alkyl halides is 1. The van der Waals surface area contributed by atoms with Crippen molar-refractivity contribution in [1.82, 2.24) is 0 Å². The van der Waals surface area contributed by atoms with E-state index in [1.54, 1.807) is 28.4 Å². The van der Waals surface area contributed by atoms with Crippen LogP contribution in [0.15, 0.2) is 25.6 Å². The van der Waals surface area contributed by atoms with Crippen LogP contribution in [0.4, 0.5) is 0 Å². The molecule has 0 aliphatic heterocycles. The quantitative estimate of drug-likeness (QED) is 0.333. The van der Waals surface area contributed by atoms with Crippen LogP contribution in [0.5, 0.6) is 23.0 Å². The Hall–Kier alpha value is -0.440. The molecule has 0 spiro atoms. The summed E-state index contributed by atoms with van der Waals surface area (Å²) in [6, 6.07) is 3.95. The molecule has 0 atom stereocenters. The normalized spacial score (nSPS) is 10.6. The summed E-state index contributed by atoms with van der Waals surface area (Å²) in [4.78, 5) is 0. The standard InChI is InChI=1S/C18H18Br4O4/c1-23-12-6-9(14(20)16(22)18(12)26-4)5-11-10(8-19)7-13(24-2)17(25-3)15(11)21/h6-7H,5,8H2,1-4H3. The zero-order valence-corrected chi connectivity index (χ0v) is 21.1. The topological polar surface area (TPSA) is 36.9 Å². The molecule has 0 heterocycles. The molecule has 2 rings (SSSR count). The number of halogens is 4. The molecule has 0 N–H and O–H groups in total. The Kier molecular flexibility index (Phi) is 8.12. The molecule has 8 heteroatoms. The second kappa shape index (κ2) is 9.66. The van der Waals surface area contributed by atoms with Gasteiger partial charge in [0.15, 0.2) is 23.0 Å². The highest BCUT2D eigenvalue weighted by molar-refractivity contribution is 9.13. The largest absolute Gasteiger partial charge is 0.493 e. The molecule has 0 amide bonds. The Morgan fingerprint density at radius 3 is 1.65 bits per heavy atom. The first-order valence-electron chi connectivity index (χ1n) is 7.50. The molecular formula is C18H18Br4O4. The van der Waals surface area contributed by atoms with Crippen molar-refractivity contribution < 1.29 is 18.9 Å². The predicted molar refractivity (Wildman–Crippen MR) is 118 cm³/mol. The minimum Gasteiger partial charge on any atom is -0.493 e. The summed E-state index contributed by atoms with van der Waals surface area (Å²) < 4.78 is 24.5. The summed E-state index contributed by atoms with van der Waals surface area (Å²) >= 11 is 14.5. The third kappa shape index (κ3) is 4.18. The van der Waals surface area contributed by atoms with Crippen molar-refractivity contribution in [3.63, 3.8) is 0 Å². The van der Waals surface area contributed by atoms with Crippen molar-refractivity contribution in [2.45, 2.75) is 11.8 Å². The van der Waals surface area contributed by atoms with Crippen molar-refractivity contribution in [2.75, 3.05) is 28.4 Å². The van der Waals surface area contributed by atoms with Crippen LogP contribution >= 0.6 is 63.7 Å². The van der Waals surface area contributed by atoms with Crippen LogP contribution in [-0.2, 0) is 11.8 Å². The monoisotopic (exact) mass is 614 g/mol. The summed E-state index contributed by atoms with van der Waals surface area (Å²) in [5.41, 5.74) is 3.25. The van der Waals surface area contributed by atoms with Gasteiger partial charge in [-0.25, -0.2) is 0 Å². The molecule has 0 saturated heterocycles. The molecule has 2 aromatic carbocycles. The van der Waals surface area contributed by atoms with Crippen LogP contribution in [0.3, 0.4) is 0 Å². The second-order valence-corrected chi connectivity index (χ2v) is 8.21. The number of hydrogen-bond donors (Lipinski definition) is 0. The first kappa shape index (κ1) is 21.9. The van der Waals surface area contributed by atoms with Gasteiger partial charge in [-0.15, -0.1) is 0 Å². The molecule has 4 nitrogen and oxygen atoms in total. The lowest BCUT2D eigenvalue weighted by Gasteiger charge is -2.19. The third-order valence-electron chi connectivity index (χ3n) is 3.94. The highest BCUT2D eigenvalue weighted by Crippen LogP contribution is 2.45. The van der Waals surface area contributed by atoms with Crippen LogP contribution in [0.1, 0.15) is 16.7 Å². The van der Waals surface area contributed by atoms with E-state index in [0.717, 1.165) is 30.1 Å². The van der Waals surface area contributed by atoms with Gasteiger partial charge in [-0.2, -0.15) is 0 Å². The summed E-state index contributed by atoms with van der Waals surface area (Å²) in [6.07, 6.45) is 0.654. The number of hydrogen-bond acceptors (Lipinski definition) is 4. The van der Waals surface area contributed by atoms with E-state index in [0.29, 0.717) is 34.7 Å². The number of ether oxygens (including phenoxy) is 4. The average Bonchev–Trinajstić information content (AvgIpc) is 2.65. The third-order valence-corrected chi connectivity index (χ3v) is 7.58. The van der Waals surface area contributed by atoms with Gasteiger partial charge >= 0.3 is 0 Å². The molecule has 26 heavy (non-hydrogen) atoms. The zero-order valence-electron chi connectivity index (χ0n) is 14.7. The highest BCUT2D eigenvalue weighted by atomic mass is 79.9. The van der Waals surface area contributed by atoms with Gasteiger partial charge in [0, 0.05) is 16.2 Å². The molecule has 0 aliphatic rings. The molecule has 0 unspecified atom stereocenters.